The van der Waals surface area contributed by atoms with Crippen LogP contribution in [-0.2, 0) is 22.6 Å². The number of aromatic nitrogens is 1. The Balaban J connectivity index is 1.51. The van der Waals surface area contributed by atoms with Crippen LogP contribution in [0.25, 0.3) is 5.69 Å². The Morgan fingerprint density at radius 1 is 1.00 bits per heavy atom. The predicted octanol–water partition coefficient (Wildman–Crippen LogP) is 3.79. The van der Waals surface area contributed by atoms with Crippen LogP contribution in [0.5, 0.6) is 0 Å². The number of carbonyl (C=O) groups is 2. The average molecular weight is 406 g/mol. The number of thioether (sulfide) groups is 1. The number of benzene rings is 2. The zero-order chi connectivity index (χ0) is 20.2. The lowest BCUT2D eigenvalue weighted by atomic mass is 10.1. The van der Waals surface area contributed by atoms with Gasteiger partial charge in [-0.15, -0.1) is 0 Å². The van der Waals surface area contributed by atoms with Gasteiger partial charge in [0.05, 0.1) is 22.2 Å². The van der Waals surface area contributed by atoms with Crippen LogP contribution < -0.4 is 10.2 Å². The number of aryl methyl sites for hydroxylation is 1. The van der Waals surface area contributed by atoms with Crippen LogP contribution in [0.15, 0.2) is 71.9 Å². The van der Waals surface area contributed by atoms with E-state index in [0.717, 1.165) is 28.4 Å². The second kappa shape index (κ2) is 8.57. The predicted molar refractivity (Wildman–Crippen MR) is 117 cm³/mol. The third kappa shape index (κ3) is 4.22. The number of rotatable bonds is 5. The topological polar surface area (TPSA) is 54.3 Å². The third-order valence-corrected chi connectivity index (χ3v) is 6.03. The van der Waals surface area contributed by atoms with E-state index in [1.165, 1.54) is 17.3 Å². The number of hydrogen-bond acceptors (Lipinski definition) is 3. The van der Waals surface area contributed by atoms with Gasteiger partial charge in [0.15, 0.2) is 0 Å². The molecule has 0 bridgehead atoms. The van der Waals surface area contributed by atoms with E-state index in [1.54, 1.807) is 4.90 Å². The maximum absolute atomic E-state index is 12.9. The Morgan fingerprint density at radius 2 is 1.72 bits per heavy atom. The van der Waals surface area contributed by atoms with E-state index >= 15 is 0 Å². The first kappa shape index (κ1) is 19.3. The Hall–Kier alpha value is -2.99. The van der Waals surface area contributed by atoms with Gasteiger partial charge in [-0.3, -0.25) is 9.59 Å². The number of nitrogens with one attached hydrogen (secondary N) is 1. The number of amides is 2. The molecule has 6 heteroatoms. The summed E-state index contributed by atoms with van der Waals surface area (Å²) in [6, 6.07) is 19.9. The van der Waals surface area contributed by atoms with E-state index in [4.69, 9.17) is 0 Å². The van der Waals surface area contributed by atoms with Gasteiger partial charge in [-0.2, -0.15) is 0 Å². The summed E-state index contributed by atoms with van der Waals surface area (Å²) in [6.45, 7) is 2.56. The van der Waals surface area contributed by atoms with Crippen molar-refractivity contribution < 1.29 is 9.59 Å². The first-order valence-corrected chi connectivity index (χ1v) is 10.7. The summed E-state index contributed by atoms with van der Waals surface area (Å²) in [5.41, 5.74) is 3.96. The molecule has 1 aromatic heterocycles. The highest BCUT2D eigenvalue weighted by atomic mass is 32.2. The van der Waals surface area contributed by atoms with E-state index in [1.807, 2.05) is 54.7 Å². The molecule has 1 aliphatic heterocycles. The maximum atomic E-state index is 12.9. The smallest absolute Gasteiger partial charge is 0.240 e. The SMILES string of the molecule is CCc1ccc(CNC(=O)CN2C(=O)CSc3cccn3-c3ccccc32)cc1. The molecule has 5 nitrogen and oxygen atoms in total. The Kier molecular flexibility index (Phi) is 5.71. The van der Waals surface area contributed by atoms with E-state index in [9.17, 15) is 9.59 Å². The minimum atomic E-state index is -0.175. The Bertz CT molecular complexity index is 1030. The number of para-hydroxylation sites is 2. The standard InChI is InChI=1S/C23H23N3O2S/c1-2-17-9-11-18(12-10-17)14-24-21(27)15-26-20-7-4-3-6-19(20)25-13-5-8-23(25)29-16-22(26)28/h3-13H,2,14-16H2,1H3,(H,24,27). The maximum Gasteiger partial charge on any atom is 0.240 e. The molecule has 0 radical (unpaired) electrons. The van der Waals surface area contributed by atoms with Gasteiger partial charge >= 0.3 is 0 Å². The van der Waals surface area contributed by atoms with Gasteiger partial charge in [0.2, 0.25) is 11.8 Å². The minimum absolute atomic E-state index is 0.0000517. The van der Waals surface area contributed by atoms with Crippen molar-refractivity contribution in [1.82, 2.24) is 9.88 Å². The average Bonchev–Trinajstić information content (AvgIpc) is 3.22. The second-order valence-electron chi connectivity index (χ2n) is 6.92. The van der Waals surface area contributed by atoms with Crippen LogP contribution in [0, 0.1) is 0 Å². The zero-order valence-electron chi connectivity index (χ0n) is 16.3. The van der Waals surface area contributed by atoms with Crippen molar-refractivity contribution in [2.75, 3.05) is 17.2 Å². The molecule has 1 aliphatic rings. The molecule has 0 fully saturated rings. The minimum Gasteiger partial charge on any atom is -0.350 e. The van der Waals surface area contributed by atoms with Crippen LogP contribution in [-0.4, -0.2) is 28.7 Å². The first-order chi connectivity index (χ1) is 14.2. The Morgan fingerprint density at radius 3 is 2.48 bits per heavy atom. The monoisotopic (exact) mass is 405 g/mol. The van der Waals surface area contributed by atoms with E-state index < -0.39 is 0 Å². The third-order valence-electron chi connectivity index (χ3n) is 5.01. The number of anilines is 1. The fourth-order valence-corrected chi connectivity index (χ4v) is 4.29. The van der Waals surface area contributed by atoms with Crippen molar-refractivity contribution in [2.24, 2.45) is 0 Å². The van der Waals surface area contributed by atoms with Gasteiger partial charge in [0, 0.05) is 12.7 Å². The highest BCUT2D eigenvalue weighted by Gasteiger charge is 2.25. The number of fused-ring (bicyclic) bond motifs is 3. The second-order valence-corrected chi connectivity index (χ2v) is 7.92. The summed E-state index contributed by atoms with van der Waals surface area (Å²) < 4.78 is 2.06. The van der Waals surface area contributed by atoms with Crippen molar-refractivity contribution in [1.29, 1.82) is 0 Å². The van der Waals surface area contributed by atoms with Gasteiger partial charge in [-0.25, -0.2) is 0 Å². The van der Waals surface area contributed by atoms with Gasteiger partial charge in [-0.05, 0) is 41.8 Å². The fraction of sp³-hybridized carbons (Fsp3) is 0.217. The molecular formula is C23H23N3O2S. The molecule has 2 heterocycles. The summed E-state index contributed by atoms with van der Waals surface area (Å²) in [6.07, 6.45) is 2.97. The number of nitrogens with zero attached hydrogens (tertiary/aromatic N) is 2. The molecule has 4 rings (SSSR count). The summed E-state index contributed by atoms with van der Waals surface area (Å²) in [4.78, 5) is 27.1. The number of carbonyl (C=O) groups excluding carboxylic acids is 2. The van der Waals surface area contributed by atoms with E-state index in [0.29, 0.717) is 12.3 Å². The Labute approximate surface area is 174 Å². The molecule has 148 valence electrons. The molecule has 0 unspecified atom stereocenters. The summed E-state index contributed by atoms with van der Waals surface area (Å²) >= 11 is 1.49. The van der Waals surface area contributed by atoms with E-state index in [2.05, 4.69) is 28.9 Å². The highest BCUT2D eigenvalue weighted by Crippen LogP contribution is 2.32. The molecule has 1 N–H and O–H groups in total. The largest absolute Gasteiger partial charge is 0.350 e. The van der Waals surface area contributed by atoms with Crippen molar-refractivity contribution >= 4 is 29.3 Å². The zero-order valence-corrected chi connectivity index (χ0v) is 17.1. The van der Waals surface area contributed by atoms with Gasteiger partial charge < -0.3 is 14.8 Å². The van der Waals surface area contributed by atoms with Crippen LogP contribution in [0.2, 0.25) is 0 Å². The molecule has 0 saturated heterocycles. The summed E-state index contributed by atoms with van der Waals surface area (Å²) in [5.74, 6) is 0.0489. The first-order valence-electron chi connectivity index (χ1n) is 9.70. The normalized spacial score (nSPS) is 13.3. The van der Waals surface area contributed by atoms with Crippen LogP contribution >= 0.6 is 11.8 Å². The van der Waals surface area contributed by atoms with Crippen LogP contribution in [0.3, 0.4) is 0 Å². The quantitative estimate of drug-likeness (QED) is 0.703. The molecule has 0 spiro atoms. The van der Waals surface area contributed by atoms with Crippen molar-refractivity contribution in [3.8, 4) is 5.69 Å². The molecular weight excluding hydrogens is 382 g/mol. The summed E-state index contributed by atoms with van der Waals surface area (Å²) in [5, 5.41) is 3.96. The van der Waals surface area contributed by atoms with Crippen LogP contribution in [0.4, 0.5) is 5.69 Å². The van der Waals surface area contributed by atoms with Crippen molar-refractivity contribution in [3.05, 3.63) is 78.0 Å². The molecule has 29 heavy (non-hydrogen) atoms. The lowest BCUT2D eigenvalue weighted by Crippen LogP contribution is -2.42. The van der Waals surface area contributed by atoms with Crippen molar-refractivity contribution in [3.63, 3.8) is 0 Å². The lowest BCUT2D eigenvalue weighted by molar-refractivity contribution is -0.123. The highest BCUT2D eigenvalue weighted by molar-refractivity contribution is 7.99. The molecule has 3 aromatic rings. The van der Waals surface area contributed by atoms with Crippen LogP contribution in [0.1, 0.15) is 18.1 Å². The van der Waals surface area contributed by atoms with Gasteiger partial charge in [0.25, 0.3) is 0 Å². The lowest BCUT2D eigenvalue weighted by Gasteiger charge is -2.27. The molecule has 2 aromatic carbocycles. The van der Waals surface area contributed by atoms with E-state index in [-0.39, 0.29) is 18.4 Å². The summed E-state index contributed by atoms with van der Waals surface area (Å²) in [7, 11) is 0. The van der Waals surface area contributed by atoms with Crippen molar-refractivity contribution in [2.45, 2.75) is 24.9 Å². The van der Waals surface area contributed by atoms with Gasteiger partial charge in [-0.1, -0.05) is 55.1 Å². The number of hydrogen-bond donors (Lipinski definition) is 1. The molecule has 2 amide bonds. The van der Waals surface area contributed by atoms with Gasteiger partial charge in [0.1, 0.15) is 6.54 Å². The molecule has 0 aliphatic carbocycles. The fourth-order valence-electron chi connectivity index (χ4n) is 3.39. The molecule has 0 saturated carbocycles. The molecule has 0 atom stereocenters.